The van der Waals surface area contributed by atoms with Crippen LogP contribution in [0.2, 0.25) is 0 Å². The molecule has 0 heterocycles. The van der Waals surface area contributed by atoms with Crippen LogP contribution in [-0.4, -0.2) is 0 Å². The lowest BCUT2D eigenvalue weighted by Gasteiger charge is -2.04. The van der Waals surface area contributed by atoms with Gasteiger partial charge in [-0.2, -0.15) is 5.26 Å². The van der Waals surface area contributed by atoms with Gasteiger partial charge in [-0.1, -0.05) is 42.5 Å². The highest BCUT2D eigenvalue weighted by Crippen LogP contribution is 2.21. The maximum atomic E-state index is 11.8. The third-order valence-corrected chi connectivity index (χ3v) is 3.48. The minimum Gasteiger partial charge on any atom is -0.216 e. The van der Waals surface area contributed by atoms with E-state index in [1.165, 1.54) is 5.56 Å². The second-order valence-corrected chi connectivity index (χ2v) is 4.99. The fourth-order valence-electron chi connectivity index (χ4n) is 2.26. The molecule has 106 valence electrons. The molecule has 2 aromatic rings. The molecule has 0 aliphatic heterocycles. The highest BCUT2D eigenvalue weighted by molar-refractivity contribution is 5.64. The molecule has 2 aromatic carbocycles. The number of benzene rings is 2. The van der Waals surface area contributed by atoms with Crippen LogP contribution in [0.15, 0.2) is 60.9 Å². The van der Waals surface area contributed by atoms with Crippen LogP contribution in [0.5, 0.6) is 0 Å². The predicted molar refractivity (Wildman–Crippen MR) is 84.4 cm³/mol. The van der Waals surface area contributed by atoms with Crippen molar-refractivity contribution in [1.82, 2.24) is 0 Å². The Labute approximate surface area is 125 Å². The maximum Gasteiger partial charge on any atom is 0.0991 e. The van der Waals surface area contributed by atoms with Crippen molar-refractivity contribution < 1.29 is 4.39 Å². The summed E-state index contributed by atoms with van der Waals surface area (Å²) in [6.45, 7) is 0. The third kappa shape index (κ3) is 4.57. The van der Waals surface area contributed by atoms with Crippen LogP contribution in [0.3, 0.4) is 0 Å². The van der Waals surface area contributed by atoms with Crippen molar-refractivity contribution in [3.8, 4) is 17.2 Å². The Morgan fingerprint density at radius 2 is 1.52 bits per heavy atom. The summed E-state index contributed by atoms with van der Waals surface area (Å²) in [6, 6.07) is 18.2. The summed E-state index contributed by atoms with van der Waals surface area (Å²) < 4.78 is 11.8. The van der Waals surface area contributed by atoms with E-state index in [4.69, 9.17) is 5.26 Å². The second kappa shape index (κ2) is 8.01. The van der Waals surface area contributed by atoms with Gasteiger partial charge in [0.05, 0.1) is 18.0 Å². The van der Waals surface area contributed by atoms with Gasteiger partial charge in [-0.15, -0.1) is 0 Å². The highest BCUT2D eigenvalue weighted by Gasteiger charge is 1.99. The lowest BCUT2D eigenvalue weighted by molar-refractivity contribution is 0.697. The lowest BCUT2D eigenvalue weighted by atomic mass is 10.0. The number of hydrogen-bond donors (Lipinski definition) is 0. The van der Waals surface area contributed by atoms with E-state index in [0.29, 0.717) is 11.9 Å². The molecule has 0 amide bonds. The highest BCUT2D eigenvalue weighted by atomic mass is 19.1. The van der Waals surface area contributed by atoms with Gasteiger partial charge in [-0.3, -0.25) is 0 Å². The van der Waals surface area contributed by atoms with E-state index < -0.39 is 0 Å². The topological polar surface area (TPSA) is 23.8 Å². The van der Waals surface area contributed by atoms with Crippen LogP contribution in [0.1, 0.15) is 30.4 Å². The summed E-state index contributed by atoms with van der Waals surface area (Å²) in [5.41, 5.74) is 4.26. The summed E-state index contributed by atoms with van der Waals surface area (Å²) in [6.07, 6.45) is 6.09. The quantitative estimate of drug-likeness (QED) is 0.647. The molecule has 0 saturated heterocycles. The Hall–Kier alpha value is -2.40. The molecule has 0 fully saturated rings. The normalized spacial score (nSPS) is 10.7. The van der Waals surface area contributed by atoms with E-state index in [0.717, 1.165) is 36.8 Å². The molecule has 2 heteroatoms. The average Bonchev–Trinajstić information content (AvgIpc) is 2.55. The molecular weight excluding hydrogens is 261 g/mol. The van der Waals surface area contributed by atoms with Crippen LogP contribution < -0.4 is 0 Å². The van der Waals surface area contributed by atoms with Gasteiger partial charge < -0.3 is 0 Å². The molecule has 0 aromatic heterocycles. The summed E-state index contributed by atoms with van der Waals surface area (Å²) in [4.78, 5) is 0. The lowest BCUT2D eigenvalue weighted by Crippen LogP contribution is -1.86. The van der Waals surface area contributed by atoms with Gasteiger partial charge in [0.2, 0.25) is 0 Å². The Bertz CT molecular complexity index is 618. The number of halogens is 1. The fourth-order valence-corrected chi connectivity index (χ4v) is 2.26. The molecule has 0 aliphatic rings. The summed E-state index contributed by atoms with van der Waals surface area (Å²) in [7, 11) is 0. The zero-order chi connectivity index (χ0) is 14.9. The number of hydrogen-bond acceptors (Lipinski definition) is 1. The van der Waals surface area contributed by atoms with Gasteiger partial charge in [-0.05, 0) is 54.5 Å². The molecular formula is C19H18FN. The van der Waals surface area contributed by atoms with Crippen molar-refractivity contribution in [2.75, 3.05) is 0 Å². The predicted octanol–water partition coefficient (Wildman–Crippen LogP) is 5.42. The minimum atomic E-state index is 0.617. The van der Waals surface area contributed by atoms with Crippen molar-refractivity contribution in [3.63, 3.8) is 0 Å². The number of unbranched alkanes of at least 4 members (excludes halogenated alkanes) is 2. The number of rotatable bonds is 6. The third-order valence-electron chi connectivity index (χ3n) is 3.48. The van der Waals surface area contributed by atoms with Crippen LogP contribution in [0.25, 0.3) is 11.1 Å². The molecule has 21 heavy (non-hydrogen) atoms. The van der Waals surface area contributed by atoms with Crippen LogP contribution >= 0.6 is 0 Å². The number of allylic oxidation sites excluding steroid dienone is 1. The van der Waals surface area contributed by atoms with E-state index in [1.54, 1.807) is 6.08 Å². The van der Waals surface area contributed by atoms with E-state index in [-0.39, 0.29) is 0 Å². The van der Waals surface area contributed by atoms with Crippen LogP contribution in [0.4, 0.5) is 4.39 Å². The SMILES string of the molecule is N#Cc1ccc(-c2ccc(CCCC/C=C/F)cc2)cc1. The zero-order valence-corrected chi connectivity index (χ0v) is 11.9. The smallest absolute Gasteiger partial charge is 0.0991 e. The van der Waals surface area contributed by atoms with Crippen molar-refractivity contribution >= 4 is 0 Å². The summed E-state index contributed by atoms with van der Waals surface area (Å²) >= 11 is 0. The van der Waals surface area contributed by atoms with Crippen molar-refractivity contribution in [2.45, 2.75) is 25.7 Å². The van der Waals surface area contributed by atoms with Gasteiger partial charge in [0, 0.05) is 0 Å². The molecule has 0 spiro atoms. The molecule has 0 unspecified atom stereocenters. The maximum absolute atomic E-state index is 11.8. The van der Waals surface area contributed by atoms with E-state index in [9.17, 15) is 4.39 Å². The Morgan fingerprint density at radius 3 is 2.10 bits per heavy atom. The van der Waals surface area contributed by atoms with Gasteiger partial charge in [0.15, 0.2) is 0 Å². The number of nitriles is 1. The van der Waals surface area contributed by atoms with E-state index in [2.05, 4.69) is 30.3 Å². The molecule has 0 saturated carbocycles. The minimum absolute atomic E-state index is 0.617. The van der Waals surface area contributed by atoms with Crippen molar-refractivity contribution in [2.24, 2.45) is 0 Å². The van der Waals surface area contributed by atoms with Gasteiger partial charge >= 0.3 is 0 Å². The first-order chi connectivity index (χ1) is 10.3. The summed E-state index contributed by atoms with van der Waals surface area (Å²) in [5.74, 6) is 0. The van der Waals surface area contributed by atoms with E-state index in [1.807, 2.05) is 24.3 Å². The molecule has 2 rings (SSSR count). The molecule has 1 nitrogen and oxygen atoms in total. The second-order valence-electron chi connectivity index (χ2n) is 4.99. The summed E-state index contributed by atoms with van der Waals surface area (Å²) in [5, 5.41) is 8.80. The molecule has 0 aliphatic carbocycles. The Balaban J connectivity index is 1.93. The van der Waals surface area contributed by atoms with E-state index >= 15 is 0 Å². The fraction of sp³-hybridized carbons (Fsp3) is 0.211. The number of nitrogens with zero attached hydrogens (tertiary/aromatic N) is 1. The zero-order valence-electron chi connectivity index (χ0n) is 11.9. The molecule has 0 radical (unpaired) electrons. The largest absolute Gasteiger partial charge is 0.216 e. The first-order valence-corrected chi connectivity index (χ1v) is 7.18. The van der Waals surface area contributed by atoms with Crippen LogP contribution in [0, 0.1) is 11.3 Å². The molecule has 0 atom stereocenters. The van der Waals surface area contributed by atoms with Crippen molar-refractivity contribution in [1.29, 1.82) is 5.26 Å². The number of aryl methyl sites for hydroxylation is 1. The standard InChI is InChI=1S/C19H18FN/c20-14-4-2-1-3-5-16-6-10-18(11-7-16)19-12-8-17(15-21)9-13-19/h4,6-14H,1-3,5H2/b14-4+. The van der Waals surface area contributed by atoms with Gasteiger partial charge in [0.25, 0.3) is 0 Å². The van der Waals surface area contributed by atoms with Crippen LogP contribution in [-0.2, 0) is 6.42 Å². The first-order valence-electron chi connectivity index (χ1n) is 7.18. The van der Waals surface area contributed by atoms with Crippen molar-refractivity contribution in [3.05, 3.63) is 72.1 Å². The Kier molecular flexibility index (Phi) is 5.72. The molecule has 0 N–H and O–H groups in total. The monoisotopic (exact) mass is 279 g/mol. The Morgan fingerprint density at radius 1 is 0.905 bits per heavy atom. The molecule has 0 bridgehead atoms. The van der Waals surface area contributed by atoms with Gasteiger partial charge in [-0.25, -0.2) is 4.39 Å². The first kappa shape index (κ1) is 15.0. The average molecular weight is 279 g/mol. The van der Waals surface area contributed by atoms with Gasteiger partial charge in [0.1, 0.15) is 0 Å².